The van der Waals surface area contributed by atoms with Crippen molar-refractivity contribution < 1.29 is 19.1 Å². The first-order chi connectivity index (χ1) is 12.5. The Bertz CT molecular complexity index is 982. The zero-order valence-electron chi connectivity index (χ0n) is 13.4. The molecule has 0 unspecified atom stereocenters. The zero-order valence-corrected chi connectivity index (χ0v) is 15.0. The summed E-state index contributed by atoms with van der Waals surface area (Å²) in [6, 6.07) is 11.8. The maximum atomic E-state index is 11.6. The van der Waals surface area contributed by atoms with E-state index in [1.165, 1.54) is 13.2 Å². The Balaban J connectivity index is 1.88. The van der Waals surface area contributed by atoms with Crippen LogP contribution in [0, 0.1) is 11.3 Å². The first kappa shape index (κ1) is 17.9. The van der Waals surface area contributed by atoms with E-state index in [0.29, 0.717) is 38.3 Å². The van der Waals surface area contributed by atoms with E-state index in [1.807, 2.05) is 6.07 Å². The van der Waals surface area contributed by atoms with Gasteiger partial charge in [-0.2, -0.15) is 5.26 Å². The fourth-order valence-corrected chi connectivity index (χ4v) is 3.10. The number of nitriles is 1. The lowest BCUT2D eigenvalue weighted by atomic mass is 10.2. The van der Waals surface area contributed by atoms with Crippen molar-refractivity contribution in [2.24, 2.45) is 0 Å². The highest BCUT2D eigenvalue weighted by Gasteiger charge is 2.25. The molecule has 1 fully saturated rings. The van der Waals surface area contributed by atoms with Crippen molar-refractivity contribution in [3.05, 3.63) is 57.5 Å². The van der Waals surface area contributed by atoms with Gasteiger partial charge >= 0.3 is 0 Å². The second kappa shape index (κ2) is 7.52. The molecular formula is C18H11ClN2O4S. The number of thioether (sulfide) groups is 1. The molecule has 0 bridgehead atoms. The molecule has 0 radical (unpaired) electrons. The fraction of sp³-hybridized carbons (Fsp3) is 0.0556. The van der Waals surface area contributed by atoms with Gasteiger partial charge in [-0.3, -0.25) is 14.9 Å². The average Bonchev–Trinajstić information content (AvgIpc) is 2.94. The molecule has 1 heterocycles. The lowest BCUT2D eigenvalue weighted by Gasteiger charge is -2.12. The van der Waals surface area contributed by atoms with Crippen molar-refractivity contribution in [3.63, 3.8) is 0 Å². The van der Waals surface area contributed by atoms with Crippen LogP contribution in [0.4, 0.5) is 4.79 Å². The number of imide groups is 1. The third kappa shape index (κ3) is 3.82. The SMILES string of the molecule is COc1cc(/C=C2\SC(=O)NC2=O)ccc1Oc1ccc(C#N)cc1Cl. The number of benzene rings is 2. The number of carbonyl (C=O) groups excluding carboxylic acids is 2. The van der Waals surface area contributed by atoms with Crippen LogP contribution < -0.4 is 14.8 Å². The number of nitrogens with one attached hydrogen (secondary N) is 1. The van der Waals surface area contributed by atoms with E-state index in [-0.39, 0.29) is 0 Å². The first-order valence-electron chi connectivity index (χ1n) is 7.30. The van der Waals surface area contributed by atoms with Gasteiger partial charge < -0.3 is 9.47 Å². The molecule has 8 heteroatoms. The Morgan fingerprint density at radius 1 is 1.15 bits per heavy atom. The van der Waals surface area contributed by atoms with Gasteiger partial charge in [-0.15, -0.1) is 0 Å². The minimum Gasteiger partial charge on any atom is -0.493 e. The van der Waals surface area contributed by atoms with Crippen molar-refractivity contribution in [3.8, 4) is 23.3 Å². The molecule has 1 aliphatic rings. The van der Waals surface area contributed by atoms with Crippen LogP contribution in [-0.4, -0.2) is 18.3 Å². The second-order valence-electron chi connectivity index (χ2n) is 5.12. The van der Waals surface area contributed by atoms with Crippen LogP contribution >= 0.6 is 23.4 Å². The standard InChI is InChI=1S/C18H11ClN2O4S/c1-24-15-7-10(8-16-17(22)21-18(23)26-16)2-5-14(15)25-13-4-3-11(9-20)6-12(13)19/h2-8H,1H3,(H,21,22,23)/b16-8-. The number of amides is 2. The summed E-state index contributed by atoms with van der Waals surface area (Å²) in [4.78, 5) is 23.2. The van der Waals surface area contributed by atoms with Crippen LogP contribution in [0.25, 0.3) is 6.08 Å². The molecular weight excluding hydrogens is 376 g/mol. The largest absolute Gasteiger partial charge is 0.493 e. The van der Waals surface area contributed by atoms with Crippen LogP contribution in [0.1, 0.15) is 11.1 Å². The highest BCUT2D eigenvalue weighted by molar-refractivity contribution is 8.18. The predicted octanol–water partition coefficient (Wildman–Crippen LogP) is 4.34. The summed E-state index contributed by atoms with van der Waals surface area (Å²) in [5.41, 5.74) is 1.10. The molecule has 2 aromatic rings. The van der Waals surface area contributed by atoms with Gasteiger partial charge in [-0.05, 0) is 53.7 Å². The molecule has 130 valence electrons. The molecule has 1 saturated heterocycles. The van der Waals surface area contributed by atoms with E-state index in [9.17, 15) is 9.59 Å². The van der Waals surface area contributed by atoms with Crippen molar-refractivity contribution in [1.29, 1.82) is 5.26 Å². The maximum absolute atomic E-state index is 11.6. The summed E-state index contributed by atoms with van der Waals surface area (Å²) in [6.07, 6.45) is 1.59. The van der Waals surface area contributed by atoms with Crippen molar-refractivity contribution in [1.82, 2.24) is 5.32 Å². The third-order valence-corrected chi connectivity index (χ3v) is 4.51. The predicted molar refractivity (Wildman–Crippen MR) is 98.3 cm³/mol. The number of nitrogens with zero attached hydrogens (tertiary/aromatic N) is 1. The lowest BCUT2D eigenvalue weighted by molar-refractivity contribution is -0.115. The van der Waals surface area contributed by atoms with Crippen LogP contribution in [0.3, 0.4) is 0 Å². The van der Waals surface area contributed by atoms with Crippen molar-refractivity contribution >= 4 is 40.6 Å². The number of halogens is 1. The van der Waals surface area contributed by atoms with E-state index < -0.39 is 11.1 Å². The number of methoxy groups -OCH3 is 1. The van der Waals surface area contributed by atoms with E-state index in [0.717, 1.165) is 11.8 Å². The van der Waals surface area contributed by atoms with Crippen LogP contribution in [0.5, 0.6) is 17.2 Å². The van der Waals surface area contributed by atoms with Gasteiger partial charge in [-0.25, -0.2) is 0 Å². The molecule has 2 amide bonds. The van der Waals surface area contributed by atoms with Gasteiger partial charge in [0.15, 0.2) is 11.5 Å². The van der Waals surface area contributed by atoms with Crippen molar-refractivity contribution in [2.75, 3.05) is 7.11 Å². The summed E-state index contributed by atoms with van der Waals surface area (Å²) in [5.74, 6) is 0.797. The molecule has 0 aliphatic carbocycles. The Kier molecular flexibility index (Phi) is 5.16. The lowest BCUT2D eigenvalue weighted by Crippen LogP contribution is -2.17. The number of hydrogen-bond acceptors (Lipinski definition) is 6. The normalized spacial score (nSPS) is 14.9. The number of ether oxygens (including phenoxy) is 2. The van der Waals surface area contributed by atoms with Gasteiger partial charge in [0.25, 0.3) is 11.1 Å². The summed E-state index contributed by atoms with van der Waals surface area (Å²) in [6.45, 7) is 0. The van der Waals surface area contributed by atoms with Gasteiger partial charge in [0.05, 0.1) is 28.7 Å². The van der Waals surface area contributed by atoms with Gasteiger partial charge in [0.1, 0.15) is 5.75 Å². The monoisotopic (exact) mass is 386 g/mol. The average molecular weight is 387 g/mol. The van der Waals surface area contributed by atoms with Crippen LogP contribution in [-0.2, 0) is 4.79 Å². The number of hydrogen-bond donors (Lipinski definition) is 1. The second-order valence-corrected chi connectivity index (χ2v) is 6.54. The summed E-state index contributed by atoms with van der Waals surface area (Å²) < 4.78 is 11.1. The van der Waals surface area contributed by atoms with E-state index in [2.05, 4.69) is 5.32 Å². The Morgan fingerprint density at radius 2 is 1.92 bits per heavy atom. The maximum Gasteiger partial charge on any atom is 0.290 e. The van der Waals surface area contributed by atoms with Crippen LogP contribution in [0.2, 0.25) is 5.02 Å². The molecule has 0 saturated carbocycles. The van der Waals surface area contributed by atoms with Gasteiger partial charge in [-0.1, -0.05) is 17.7 Å². The molecule has 2 aromatic carbocycles. The quantitative estimate of drug-likeness (QED) is 0.786. The molecule has 26 heavy (non-hydrogen) atoms. The molecule has 3 rings (SSSR count). The molecule has 0 spiro atoms. The highest BCUT2D eigenvalue weighted by atomic mass is 35.5. The minimum atomic E-state index is -0.427. The molecule has 0 atom stereocenters. The third-order valence-electron chi connectivity index (χ3n) is 3.41. The summed E-state index contributed by atoms with van der Waals surface area (Å²) in [7, 11) is 1.49. The van der Waals surface area contributed by atoms with Crippen molar-refractivity contribution in [2.45, 2.75) is 0 Å². The molecule has 1 aliphatic heterocycles. The van der Waals surface area contributed by atoms with Gasteiger partial charge in [0, 0.05) is 0 Å². The Morgan fingerprint density at radius 3 is 2.54 bits per heavy atom. The summed E-state index contributed by atoms with van der Waals surface area (Å²) >= 11 is 6.96. The van der Waals surface area contributed by atoms with E-state index >= 15 is 0 Å². The summed E-state index contributed by atoms with van der Waals surface area (Å²) in [5, 5.41) is 11.0. The van der Waals surface area contributed by atoms with E-state index in [1.54, 1.807) is 36.4 Å². The van der Waals surface area contributed by atoms with Crippen LogP contribution in [0.15, 0.2) is 41.3 Å². The van der Waals surface area contributed by atoms with E-state index in [4.69, 9.17) is 26.3 Å². The molecule has 6 nitrogen and oxygen atoms in total. The smallest absolute Gasteiger partial charge is 0.290 e. The molecule has 1 N–H and O–H groups in total. The fourth-order valence-electron chi connectivity index (χ4n) is 2.20. The zero-order chi connectivity index (χ0) is 18.7. The number of carbonyl (C=O) groups is 2. The Hall–Kier alpha value is -2.95. The van der Waals surface area contributed by atoms with Gasteiger partial charge in [0.2, 0.25) is 0 Å². The Labute approximate surface area is 158 Å². The first-order valence-corrected chi connectivity index (χ1v) is 8.50. The topological polar surface area (TPSA) is 88.4 Å². The highest BCUT2D eigenvalue weighted by Crippen LogP contribution is 2.37. The molecule has 0 aromatic heterocycles. The number of rotatable bonds is 4. The minimum absolute atomic E-state index is 0.301.